The van der Waals surface area contributed by atoms with Crippen molar-refractivity contribution in [2.24, 2.45) is 0 Å². The number of anilines is 1. The van der Waals surface area contributed by atoms with Gasteiger partial charge in [-0.05, 0) is 25.6 Å². The smallest absolute Gasteiger partial charge is 0.387 e. The van der Waals surface area contributed by atoms with E-state index in [1.54, 1.807) is 16.9 Å². The van der Waals surface area contributed by atoms with E-state index in [2.05, 4.69) is 14.7 Å². The Morgan fingerprint density at radius 3 is 2.90 bits per heavy atom. The van der Waals surface area contributed by atoms with Crippen LogP contribution in [0.15, 0.2) is 18.3 Å². The lowest BCUT2D eigenvalue weighted by molar-refractivity contribution is -0.0493. The third-order valence-electron chi connectivity index (χ3n) is 3.56. The topological polar surface area (TPSA) is 56.3 Å². The van der Waals surface area contributed by atoms with Gasteiger partial charge in [0.05, 0.1) is 23.3 Å². The largest absolute Gasteiger partial charge is 0.433 e. The second kappa shape index (κ2) is 5.00. The Morgan fingerprint density at radius 1 is 1.43 bits per heavy atom. The highest BCUT2D eigenvalue weighted by Crippen LogP contribution is 2.31. The van der Waals surface area contributed by atoms with E-state index >= 15 is 0 Å². The molecule has 0 amide bonds. The van der Waals surface area contributed by atoms with Crippen molar-refractivity contribution in [3.63, 3.8) is 0 Å². The number of hydrogen-bond donors (Lipinski definition) is 1. The molecular weight excluding hydrogens is 278 g/mol. The number of aryl methyl sites for hydroxylation is 1. The standard InChI is InChI=1S/C14H16F2N4O/c1-8-3-10(17)13(21-14(15)16)4-11(8)20-12-7-19(2)6-9(12)5-18-20/h3-5,14H,6-7,17H2,1-2H3/i14D. The van der Waals surface area contributed by atoms with Crippen molar-refractivity contribution in [3.8, 4) is 11.4 Å². The Morgan fingerprint density at radius 2 is 2.19 bits per heavy atom. The summed E-state index contributed by atoms with van der Waals surface area (Å²) in [6, 6.07) is 2.95. The van der Waals surface area contributed by atoms with Crippen LogP contribution < -0.4 is 10.5 Å². The maximum atomic E-state index is 12.8. The number of aromatic nitrogens is 2. The van der Waals surface area contributed by atoms with Crippen molar-refractivity contribution in [2.45, 2.75) is 26.6 Å². The lowest BCUT2D eigenvalue weighted by Crippen LogP contribution is -2.12. The van der Waals surface area contributed by atoms with Crippen LogP contribution in [0.2, 0.25) is 0 Å². The van der Waals surface area contributed by atoms with Crippen LogP contribution in [-0.2, 0) is 13.1 Å². The Hall–Kier alpha value is -2.15. The van der Waals surface area contributed by atoms with Gasteiger partial charge in [0.25, 0.3) is 0 Å². The quantitative estimate of drug-likeness (QED) is 0.883. The summed E-state index contributed by atoms with van der Waals surface area (Å²) in [5.41, 5.74) is 9.29. The Kier molecular flexibility index (Phi) is 2.99. The van der Waals surface area contributed by atoms with Gasteiger partial charge in [-0.1, -0.05) is 0 Å². The summed E-state index contributed by atoms with van der Waals surface area (Å²) in [5, 5.41) is 4.33. The molecule has 1 aliphatic heterocycles. The zero-order valence-electron chi connectivity index (χ0n) is 12.7. The van der Waals surface area contributed by atoms with Crippen LogP contribution in [-0.4, -0.2) is 28.3 Å². The third-order valence-corrected chi connectivity index (χ3v) is 3.56. The normalized spacial score (nSPS) is 15.9. The van der Waals surface area contributed by atoms with Gasteiger partial charge in [-0.25, -0.2) is 4.68 Å². The lowest BCUT2D eigenvalue weighted by atomic mass is 10.1. The Bertz CT molecular complexity index is 726. The Labute approximate surface area is 122 Å². The molecule has 0 radical (unpaired) electrons. The fourth-order valence-corrected chi connectivity index (χ4v) is 2.62. The van der Waals surface area contributed by atoms with Gasteiger partial charge in [-0.2, -0.15) is 13.9 Å². The van der Waals surface area contributed by atoms with Crippen LogP contribution >= 0.6 is 0 Å². The van der Waals surface area contributed by atoms with E-state index in [0.29, 0.717) is 5.69 Å². The third kappa shape index (κ3) is 2.44. The minimum Gasteiger partial charge on any atom is -0.433 e. The summed E-state index contributed by atoms with van der Waals surface area (Å²) in [6.45, 7) is -0.685. The molecule has 2 heterocycles. The zero-order valence-corrected chi connectivity index (χ0v) is 11.7. The number of rotatable bonds is 3. The van der Waals surface area contributed by atoms with Gasteiger partial charge in [0.2, 0.25) is 0 Å². The fourth-order valence-electron chi connectivity index (χ4n) is 2.62. The number of halogens is 2. The van der Waals surface area contributed by atoms with Gasteiger partial charge in [-0.15, -0.1) is 0 Å². The van der Waals surface area contributed by atoms with E-state index in [1.165, 1.54) is 6.07 Å². The van der Waals surface area contributed by atoms with Crippen molar-refractivity contribution in [3.05, 3.63) is 35.2 Å². The highest BCUT2D eigenvalue weighted by atomic mass is 19.3. The first-order chi connectivity index (χ1) is 10.2. The molecule has 2 N–H and O–H groups in total. The molecule has 0 bridgehead atoms. The van der Waals surface area contributed by atoms with E-state index in [9.17, 15) is 8.78 Å². The van der Waals surface area contributed by atoms with E-state index < -0.39 is 6.59 Å². The molecule has 0 fully saturated rings. The first-order valence-electron chi connectivity index (χ1n) is 6.96. The number of nitrogens with zero attached hydrogens (tertiary/aromatic N) is 3. The summed E-state index contributed by atoms with van der Waals surface area (Å²) in [4.78, 5) is 2.13. The number of hydrogen-bond acceptors (Lipinski definition) is 4. The summed E-state index contributed by atoms with van der Waals surface area (Å²) in [6.07, 6.45) is 1.77. The molecule has 0 spiro atoms. The van der Waals surface area contributed by atoms with Crippen LogP contribution in [0.3, 0.4) is 0 Å². The van der Waals surface area contributed by atoms with E-state index in [-0.39, 0.29) is 11.4 Å². The molecule has 1 aromatic carbocycles. The van der Waals surface area contributed by atoms with E-state index in [0.717, 1.165) is 29.9 Å². The van der Waals surface area contributed by atoms with Crippen molar-refractivity contribution >= 4 is 5.69 Å². The zero-order chi connectivity index (χ0) is 16.1. The van der Waals surface area contributed by atoms with E-state index in [4.69, 9.17) is 7.10 Å². The fraction of sp³-hybridized carbons (Fsp3) is 0.357. The van der Waals surface area contributed by atoms with Crippen molar-refractivity contribution in [2.75, 3.05) is 12.8 Å². The predicted molar refractivity (Wildman–Crippen MR) is 74.5 cm³/mol. The molecule has 0 aliphatic carbocycles. The summed E-state index contributed by atoms with van der Waals surface area (Å²) < 4.78 is 38.2. The highest BCUT2D eigenvalue weighted by Gasteiger charge is 2.23. The number of benzene rings is 1. The molecule has 0 saturated carbocycles. The molecule has 7 heteroatoms. The van der Waals surface area contributed by atoms with Crippen LogP contribution in [0, 0.1) is 6.92 Å². The minimum absolute atomic E-state index is 0.0640. The van der Waals surface area contributed by atoms with E-state index in [1.807, 2.05) is 14.0 Å². The number of fused-ring (bicyclic) bond motifs is 1. The van der Waals surface area contributed by atoms with Crippen molar-refractivity contribution < 1.29 is 14.9 Å². The number of alkyl halides is 2. The number of nitrogens with two attached hydrogens (primary N) is 1. The molecule has 1 aliphatic rings. The summed E-state index contributed by atoms with van der Waals surface area (Å²) >= 11 is 0. The van der Waals surface area contributed by atoms with Gasteiger partial charge < -0.3 is 10.5 Å². The first kappa shape index (κ1) is 12.6. The van der Waals surface area contributed by atoms with Crippen LogP contribution in [0.5, 0.6) is 5.75 Å². The van der Waals surface area contributed by atoms with Crippen LogP contribution in [0.4, 0.5) is 14.5 Å². The molecule has 5 nitrogen and oxygen atoms in total. The Balaban J connectivity index is 2.06. The highest BCUT2D eigenvalue weighted by molar-refractivity contribution is 5.61. The lowest BCUT2D eigenvalue weighted by Gasteiger charge is -2.14. The second-order valence-electron chi connectivity index (χ2n) is 5.20. The molecule has 0 atom stereocenters. The molecule has 0 saturated heterocycles. The van der Waals surface area contributed by atoms with Gasteiger partial charge >= 0.3 is 6.59 Å². The number of nitrogen functional groups attached to an aromatic ring is 1. The number of ether oxygens (including phenoxy) is 1. The molecular formula is C14H16F2N4O. The maximum absolute atomic E-state index is 12.8. The summed E-state index contributed by atoms with van der Waals surface area (Å²) in [5.74, 6) is -0.226. The molecule has 3 rings (SSSR count). The van der Waals surface area contributed by atoms with Crippen molar-refractivity contribution in [1.82, 2.24) is 14.7 Å². The monoisotopic (exact) mass is 295 g/mol. The van der Waals surface area contributed by atoms with Gasteiger partial charge in [0, 0.05) is 24.7 Å². The molecule has 112 valence electrons. The van der Waals surface area contributed by atoms with Gasteiger partial charge in [-0.3, -0.25) is 4.90 Å². The van der Waals surface area contributed by atoms with Gasteiger partial charge in [0.15, 0.2) is 7.12 Å². The predicted octanol–water partition coefficient (Wildman–Crippen LogP) is 2.31. The first-order valence-corrected chi connectivity index (χ1v) is 6.46. The van der Waals surface area contributed by atoms with Gasteiger partial charge in [0.1, 0.15) is 0 Å². The van der Waals surface area contributed by atoms with Crippen LogP contribution in [0.1, 0.15) is 18.2 Å². The second-order valence-corrected chi connectivity index (χ2v) is 5.20. The minimum atomic E-state index is -4.03. The van der Waals surface area contributed by atoms with Crippen molar-refractivity contribution in [1.29, 1.82) is 0 Å². The summed E-state index contributed by atoms with van der Waals surface area (Å²) in [7, 11) is 2.00. The molecule has 21 heavy (non-hydrogen) atoms. The van der Waals surface area contributed by atoms with Crippen LogP contribution in [0.25, 0.3) is 5.69 Å². The average molecular weight is 295 g/mol. The molecule has 2 aromatic rings. The molecule has 1 aromatic heterocycles. The SMILES string of the molecule is [2H]C(F)(F)Oc1cc(-n2ncc3c2CN(C)C3)c(C)cc1N. The average Bonchev–Trinajstić information content (AvgIpc) is 2.90. The molecule has 0 unspecified atom stereocenters. The maximum Gasteiger partial charge on any atom is 0.387 e.